The average molecular weight is 264 g/mol. The van der Waals surface area contributed by atoms with Gasteiger partial charge in [0.15, 0.2) is 0 Å². The molecule has 3 nitrogen and oxygen atoms in total. The molecule has 0 fully saturated rings. The predicted molar refractivity (Wildman–Crippen MR) is 82.7 cm³/mol. The minimum Gasteiger partial charge on any atom is -0.389 e. The molecule has 1 unspecified atom stereocenters. The molecule has 0 bridgehead atoms. The minimum absolute atomic E-state index is 0.344. The summed E-state index contributed by atoms with van der Waals surface area (Å²) in [6.07, 6.45) is 2.43. The molecule has 3 N–H and O–H groups in total. The molecule has 1 aromatic carbocycles. The van der Waals surface area contributed by atoms with Gasteiger partial charge >= 0.3 is 0 Å². The second-order valence-electron chi connectivity index (χ2n) is 5.60. The van der Waals surface area contributed by atoms with E-state index in [-0.39, 0.29) is 0 Å². The molecule has 0 radical (unpaired) electrons. The molecule has 108 valence electrons. The predicted octanol–water partition coefficient (Wildman–Crippen LogP) is 2.62. The van der Waals surface area contributed by atoms with Crippen LogP contribution in [-0.4, -0.2) is 30.8 Å². The second kappa shape index (κ2) is 6.92. The van der Waals surface area contributed by atoms with Crippen LogP contribution in [0.15, 0.2) is 18.2 Å². The third-order valence-corrected chi connectivity index (χ3v) is 3.94. The Bertz CT molecular complexity index is 400. The van der Waals surface area contributed by atoms with Crippen LogP contribution in [0.4, 0.5) is 5.69 Å². The third-order valence-electron chi connectivity index (χ3n) is 3.94. The zero-order chi connectivity index (χ0) is 14.5. The maximum atomic E-state index is 10.2. The van der Waals surface area contributed by atoms with Gasteiger partial charge in [-0.3, -0.25) is 0 Å². The first-order chi connectivity index (χ1) is 8.91. The van der Waals surface area contributed by atoms with E-state index in [1.54, 1.807) is 0 Å². The number of rotatable bonds is 7. The van der Waals surface area contributed by atoms with E-state index < -0.39 is 5.60 Å². The Morgan fingerprint density at radius 3 is 2.53 bits per heavy atom. The number of nitrogens with zero attached hydrogens (tertiary/aromatic N) is 1. The van der Waals surface area contributed by atoms with Crippen molar-refractivity contribution in [1.29, 1.82) is 0 Å². The number of benzene rings is 1. The molecule has 0 saturated carbocycles. The van der Waals surface area contributed by atoms with Crippen molar-refractivity contribution in [2.45, 2.75) is 45.6 Å². The fourth-order valence-electron chi connectivity index (χ4n) is 2.42. The Hall–Kier alpha value is -1.06. The fourth-order valence-corrected chi connectivity index (χ4v) is 2.42. The maximum Gasteiger partial charge on any atom is 0.0767 e. The Labute approximate surface area is 117 Å². The van der Waals surface area contributed by atoms with Crippen LogP contribution in [0.2, 0.25) is 0 Å². The first-order valence-corrected chi connectivity index (χ1v) is 7.12. The van der Waals surface area contributed by atoms with Crippen LogP contribution in [0, 0.1) is 13.8 Å². The van der Waals surface area contributed by atoms with Crippen molar-refractivity contribution in [2.75, 3.05) is 25.0 Å². The van der Waals surface area contributed by atoms with E-state index in [1.807, 2.05) is 6.92 Å². The summed E-state index contributed by atoms with van der Waals surface area (Å²) in [5.74, 6) is 0. The molecule has 1 rings (SSSR count). The molecular weight excluding hydrogens is 236 g/mol. The Balaban J connectivity index is 2.54. The SMILES string of the molecule is CCC(O)(CN)CCCN(C)c1ccc(C)cc1C. The minimum atomic E-state index is -0.691. The van der Waals surface area contributed by atoms with Crippen molar-refractivity contribution < 1.29 is 5.11 Å². The van der Waals surface area contributed by atoms with Gasteiger partial charge in [0.2, 0.25) is 0 Å². The van der Waals surface area contributed by atoms with E-state index in [0.29, 0.717) is 6.54 Å². The maximum absolute atomic E-state index is 10.2. The number of nitrogens with two attached hydrogens (primary N) is 1. The Morgan fingerprint density at radius 1 is 1.32 bits per heavy atom. The molecular formula is C16H28N2O. The summed E-state index contributed by atoms with van der Waals surface area (Å²) in [5.41, 5.74) is 8.78. The highest BCUT2D eigenvalue weighted by molar-refractivity contribution is 5.53. The topological polar surface area (TPSA) is 49.5 Å². The second-order valence-corrected chi connectivity index (χ2v) is 5.60. The van der Waals surface area contributed by atoms with Crippen LogP contribution < -0.4 is 10.6 Å². The van der Waals surface area contributed by atoms with Crippen molar-refractivity contribution >= 4 is 5.69 Å². The summed E-state index contributed by atoms with van der Waals surface area (Å²) >= 11 is 0. The van der Waals surface area contributed by atoms with Crippen LogP contribution in [0.25, 0.3) is 0 Å². The van der Waals surface area contributed by atoms with Gasteiger partial charge in [0.05, 0.1) is 5.60 Å². The molecule has 0 aromatic heterocycles. The summed E-state index contributed by atoms with van der Waals surface area (Å²) in [7, 11) is 2.10. The molecule has 19 heavy (non-hydrogen) atoms. The molecule has 0 amide bonds. The lowest BCUT2D eigenvalue weighted by Gasteiger charge is -2.27. The molecule has 1 atom stereocenters. The number of hydrogen-bond donors (Lipinski definition) is 2. The van der Waals surface area contributed by atoms with Crippen molar-refractivity contribution in [1.82, 2.24) is 0 Å². The first-order valence-electron chi connectivity index (χ1n) is 7.12. The van der Waals surface area contributed by atoms with E-state index >= 15 is 0 Å². The quantitative estimate of drug-likeness (QED) is 0.796. The van der Waals surface area contributed by atoms with E-state index in [9.17, 15) is 5.11 Å². The van der Waals surface area contributed by atoms with Crippen LogP contribution in [0.1, 0.15) is 37.3 Å². The number of aliphatic hydroxyl groups is 1. The molecule has 0 aliphatic rings. The molecule has 3 heteroatoms. The standard InChI is InChI=1S/C16H28N2O/c1-5-16(19,12-17)9-6-10-18(4)15-8-7-13(2)11-14(15)3/h7-8,11,19H,5-6,9-10,12,17H2,1-4H3. The van der Waals surface area contributed by atoms with Gasteiger partial charge in [0.25, 0.3) is 0 Å². The van der Waals surface area contributed by atoms with Crippen LogP contribution in [0.5, 0.6) is 0 Å². The smallest absolute Gasteiger partial charge is 0.0767 e. The highest BCUT2D eigenvalue weighted by atomic mass is 16.3. The van der Waals surface area contributed by atoms with Crippen molar-refractivity contribution in [2.24, 2.45) is 5.73 Å². The van der Waals surface area contributed by atoms with Gasteiger partial charge in [-0.05, 0) is 44.7 Å². The lowest BCUT2D eigenvalue weighted by Crippen LogP contribution is -2.37. The zero-order valence-corrected chi connectivity index (χ0v) is 12.7. The number of hydrogen-bond acceptors (Lipinski definition) is 3. The van der Waals surface area contributed by atoms with Crippen molar-refractivity contribution in [3.05, 3.63) is 29.3 Å². The van der Waals surface area contributed by atoms with E-state index in [4.69, 9.17) is 5.73 Å². The highest BCUT2D eigenvalue weighted by Crippen LogP contribution is 2.21. The summed E-state index contributed by atoms with van der Waals surface area (Å²) in [4.78, 5) is 2.25. The van der Waals surface area contributed by atoms with Crippen molar-refractivity contribution in [3.63, 3.8) is 0 Å². The summed E-state index contributed by atoms with van der Waals surface area (Å²) < 4.78 is 0. The molecule has 0 aliphatic carbocycles. The molecule has 0 spiro atoms. The van der Waals surface area contributed by atoms with Crippen molar-refractivity contribution in [3.8, 4) is 0 Å². The number of aryl methyl sites for hydroxylation is 2. The van der Waals surface area contributed by atoms with Gasteiger partial charge in [0, 0.05) is 25.8 Å². The van der Waals surface area contributed by atoms with Crippen LogP contribution >= 0.6 is 0 Å². The van der Waals surface area contributed by atoms with Gasteiger partial charge in [-0.2, -0.15) is 0 Å². The third kappa shape index (κ3) is 4.51. The van der Waals surface area contributed by atoms with Gasteiger partial charge < -0.3 is 15.7 Å². The highest BCUT2D eigenvalue weighted by Gasteiger charge is 2.21. The van der Waals surface area contributed by atoms with Gasteiger partial charge in [-0.25, -0.2) is 0 Å². The first kappa shape index (κ1) is 16.0. The van der Waals surface area contributed by atoms with Gasteiger partial charge in [0.1, 0.15) is 0 Å². The Morgan fingerprint density at radius 2 is 2.00 bits per heavy atom. The van der Waals surface area contributed by atoms with E-state index in [2.05, 4.69) is 44.0 Å². The summed E-state index contributed by atoms with van der Waals surface area (Å²) in [6.45, 7) is 7.52. The zero-order valence-electron chi connectivity index (χ0n) is 12.7. The van der Waals surface area contributed by atoms with Crippen LogP contribution in [-0.2, 0) is 0 Å². The average Bonchev–Trinajstić information content (AvgIpc) is 2.38. The number of anilines is 1. The van der Waals surface area contributed by atoms with Crippen LogP contribution in [0.3, 0.4) is 0 Å². The van der Waals surface area contributed by atoms with E-state index in [0.717, 1.165) is 25.8 Å². The molecule has 0 heterocycles. The lowest BCUT2D eigenvalue weighted by molar-refractivity contribution is 0.0350. The normalized spacial score (nSPS) is 14.2. The fraction of sp³-hybridized carbons (Fsp3) is 0.625. The van der Waals surface area contributed by atoms with Gasteiger partial charge in [-0.1, -0.05) is 24.6 Å². The van der Waals surface area contributed by atoms with E-state index in [1.165, 1.54) is 16.8 Å². The largest absolute Gasteiger partial charge is 0.389 e. The lowest BCUT2D eigenvalue weighted by atomic mass is 9.95. The molecule has 1 aromatic rings. The summed E-state index contributed by atoms with van der Waals surface area (Å²) in [6, 6.07) is 6.51. The monoisotopic (exact) mass is 264 g/mol. The van der Waals surface area contributed by atoms with Gasteiger partial charge in [-0.15, -0.1) is 0 Å². The molecule has 0 aliphatic heterocycles. The Kier molecular flexibility index (Phi) is 5.83. The molecule has 0 saturated heterocycles. The summed E-state index contributed by atoms with van der Waals surface area (Å²) in [5, 5.41) is 10.2.